The topological polar surface area (TPSA) is 49.4 Å². The third kappa shape index (κ3) is 5.60. The number of amides is 2. The Bertz CT molecular complexity index is 1110. The molecule has 2 amide bonds. The molecule has 1 aliphatic heterocycles. The van der Waals surface area contributed by atoms with Gasteiger partial charge in [-0.3, -0.25) is 9.59 Å². The molecule has 2 atom stereocenters. The summed E-state index contributed by atoms with van der Waals surface area (Å²) < 4.78 is 0. The molecule has 1 fully saturated rings. The molecule has 0 aromatic heterocycles. The fraction of sp³-hybridized carbons (Fsp3) is 0.259. The van der Waals surface area contributed by atoms with Gasteiger partial charge in [-0.25, -0.2) is 0 Å². The monoisotopic (exact) mass is 478 g/mol. The van der Waals surface area contributed by atoms with Gasteiger partial charge in [0.25, 0.3) is 5.91 Å². The number of aryl methyl sites for hydroxylation is 1. The van der Waals surface area contributed by atoms with Crippen LogP contribution in [-0.4, -0.2) is 22.5 Å². The number of benzene rings is 3. The van der Waals surface area contributed by atoms with Crippen LogP contribution < -0.4 is 5.32 Å². The summed E-state index contributed by atoms with van der Waals surface area (Å²) in [5.74, 6) is 0.475. The summed E-state index contributed by atoms with van der Waals surface area (Å²) in [7, 11) is 0. The molecule has 4 nitrogen and oxygen atoms in total. The zero-order valence-electron chi connectivity index (χ0n) is 18.8. The summed E-state index contributed by atoms with van der Waals surface area (Å²) in [6, 6.07) is 23.4. The van der Waals surface area contributed by atoms with Gasteiger partial charge in [-0.15, -0.1) is 11.8 Å². The van der Waals surface area contributed by atoms with E-state index < -0.39 is 0 Å². The minimum absolute atomic E-state index is 0.0318. The standard InChI is InChI=1S/C27H27ClN2O2S/c1-3-24(20-8-4-18(2)5-9-20)29-26(32)21-10-12-22(13-11-21)27-30(25(31)17-33-27)16-19-6-14-23(28)15-7-19/h4-15,24,27H,3,16-17H2,1-2H3,(H,29,32)/t24-,27-/m1/s1. The number of halogens is 1. The van der Waals surface area contributed by atoms with Gasteiger partial charge in [0.2, 0.25) is 5.91 Å². The van der Waals surface area contributed by atoms with E-state index in [4.69, 9.17) is 11.6 Å². The zero-order chi connectivity index (χ0) is 23.4. The maximum Gasteiger partial charge on any atom is 0.251 e. The van der Waals surface area contributed by atoms with Crippen molar-refractivity contribution in [3.8, 4) is 0 Å². The Labute approximate surface area is 204 Å². The maximum absolute atomic E-state index is 12.9. The lowest BCUT2D eigenvalue weighted by molar-refractivity contribution is -0.128. The number of carbonyl (C=O) groups is 2. The normalized spacial score (nSPS) is 16.6. The second kappa shape index (κ2) is 10.4. The van der Waals surface area contributed by atoms with E-state index in [9.17, 15) is 9.59 Å². The molecule has 0 bridgehead atoms. The molecule has 0 radical (unpaired) electrons. The van der Waals surface area contributed by atoms with Crippen molar-refractivity contribution in [2.75, 3.05) is 5.75 Å². The minimum atomic E-state index is -0.0952. The van der Waals surface area contributed by atoms with Crippen LogP contribution in [-0.2, 0) is 11.3 Å². The molecule has 0 saturated carbocycles. The number of nitrogens with one attached hydrogen (secondary N) is 1. The van der Waals surface area contributed by atoms with Crippen molar-refractivity contribution in [2.24, 2.45) is 0 Å². The second-order valence-electron chi connectivity index (χ2n) is 8.28. The molecule has 0 unspecified atom stereocenters. The highest BCUT2D eigenvalue weighted by molar-refractivity contribution is 8.00. The quantitative estimate of drug-likeness (QED) is 0.433. The van der Waals surface area contributed by atoms with Gasteiger partial charge in [0.1, 0.15) is 5.37 Å². The van der Waals surface area contributed by atoms with E-state index in [0.29, 0.717) is 22.9 Å². The van der Waals surface area contributed by atoms with E-state index in [1.165, 1.54) is 5.56 Å². The van der Waals surface area contributed by atoms with Gasteiger partial charge in [0.15, 0.2) is 0 Å². The average Bonchev–Trinajstić information content (AvgIpc) is 3.19. The van der Waals surface area contributed by atoms with Gasteiger partial charge in [-0.2, -0.15) is 0 Å². The van der Waals surface area contributed by atoms with Crippen molar-refractivity contribution in [3.63, 3.8) is 0 Å². The summed E-state index contributed by atoms with van der Waals surface area (Å²) in [5, 5.41) is 3.75. The highest BCUT2D eigenvalue weighted by Crippen LogP contribution is 2.39. The molecule has 4 rings (SSSR count). The largest absolute Gasteiger partial charge is 0.345 e. The summed E-state index contributed by atoms with van der Waals surface area (Å²) in [5.41, 5.74) is 4.97. The Morgan fingerprint density at radius 2 is 1.73 bits per heavy atom. The van der Waals surface area contributed by atoms with Gasteiger partial charge in [-0.05, 0) is 54.3 Å². The number of carbonyl (C=O) groups excluding carboxylic acids is 2. The van der Waals surface area contributed by atoms with E-state index in [2.05, 4.69) is 43.4 Å². The lowest BCUT2D eigenvalue weighted by Gasteiger charge is -2.24. The van der Waals surface area contributed by atoms with Crippen LogP contribution in [0.1, 0.15) is 57.4 Å². The molecule has 1 aliphatic rings. The first-order valence-electron chi connectivity index (χ1n) is 11.1. The third-order valence-corrected chi connectivity index (χ3v) is 7.39. The van der Waals surface area contributed by atoms with Crippen molar-refractivity contribution in [2.45, 2.75) is 38.2 Å². The molecule has 170 valence electrons. The summed E-state index contributed by atoms with van der Waals surface area (Å²) in [6.45, 7) is 4.65. The zero-order valence-corrected chi connectivity index (χ0v) is 20.3. The first kappa shape index (κ1) is 23.4. The van der Waals surface area contributed by atoms with Crippen LogP contribution in [0.5, 0.6) is 0 Å². The van der Waals surface area contributed by atoms with Crippen molar-refractivity contribution in [1.29, 1.82) is 0 Å². The van der Waals surface area contributed by atoms with Crippen LogP contribution in [0, 0.1) is 6.92 Å². The summed E-state index contributed by atoms with van der Waals surface area (Å²) in [4.78, 5) is 27.3. The predicted molar refractivity (Wildman–Crippen MR) is 135 cm³/mol. The van der Waals surface area contributed by atoms with E-state index in [1.54, 1.807) is 11.8 Å². The molecule has 0 spiro atoms. The van der Waals surface area contributed by atoms with E-state index >= 15 is 0 Å². The highest BCUT2D eigenvalue weighted by atomic mass is 35.5. The summed E-state index contributed by atoms with van der Waals surface area (Å²) in [6.07, 6.45) is 0.813. The maximum atomic E-state index is 12.9. The molecule has 6 heteroatoms. The lowest BCUT2D eigenvalue weighted by atomic mass is 10.0. The molecule has 1 heterocycles. The Balaban J connectivity index is 1.45. The molecule has 0 aliphatic carbocycles. The van der Waals surface area contributed by atoms with Crippen LogP contribution in [0.25, 0.3) is 0 Å². The van der Waals surface area contributed by atoms with Crippen molar-refractivity contribution in [1.82, 2.24) is 10.2 Å². The molecular weight excluding hydrogens is 452 g/mol. The first-order valence-corrected chi connectivity index (χ1v) is 12.5. The number of nitrogens with zero attached hydrogens (tertiary/aromatic N) is 1. The average molecular weight is 479 g/mol. The van der Waals surface area contributed by atoms with Crippen molar-refractivity contribution < 1.29 is 9.59 Å². The van der Waals surface area contributed by atoms with Crippen molar-refractivity contribution in [3.05, 3.63) is 106 Å². The molecule has 1 N–H and O–H groups in total. The second-order valence-corrected chi connectivity index (χ2v) is 9.78. The fourth-order valence-electron chi connectivity index (χ4n) is 3.95. The van der Waals surface area contributed by atoms with E-state index in [1.807, 2.05) is 53.4 Å². The van der Waals surface area contributed by atoms with Gasteiger partial charge < -0.3 is 10.2 Å². The SMILES string of the molecule is CC[C@@H](NC(=O)c1ccc([C@H]2SCC(=O)N2Cc2ccc(Cl)cc2)cc1)c1ccc(C)cc1. The third-order valence-electron chi connectivity index (χ3n) is 5.89. The summed E-state index contributed by atoms with van der Waals surface area (Å²) >= 11 is 7.60. The van der Waals surface area contributed by atoms with E-state index in [0.717, 1.165) is 23.1 Å². The van der Waals surface area contributed by atoms with Gasteiger partial charge in [0, 0.05) is 17.1 Å². The minimum Gasteiger partial charge on any atom is -0.345 e. The van der Waals surface area contributed by atoms with Gasteiger partial charge in [-0.1, -0.05) is 72.6 Å². The van der Waals surface area contributed by atoms with Crippen LogP contribution in [0.3, 0.4) is 0 Å². The number of thioether (sulfide) groups is 1. The van der Waals surface area contributed by atoms with E-state index in [-0.39, 0.29) is 23.2 Å². The van der Waals surface area contributed by atoms with Gasteiger partial charge >= 0.3 is 0 Å². The lowest BCUT2D eigenvalue weighted by Crippen LogP contribution is -2.28. The Hall–Kier alpha value is -2.76. The van der Waals surface area contributed by atoms with Gasteiger partial charge in [0.05, 0.1) is 11.8 Å². The molecule has 33 heavy (non-hydrogen) atoms. The van der Waals surface area contributed by atoms with Crippen LogP contribution in [0.15, 0.2) is 72.8 Å². The van der Waals surface area contributed by atoms with Crippen LogP contribution >= 0.6 is 23.4 Å². The first-order chi connectivity index (χ1) is 15.9. The Kier molecular flexibility index (Phi) is 7.41. The fourth-order valence-corrected chi connectivity index (χ4v) is 5.26. The van der Waals surface area contributed by atoms with Crippen molar-refractivity contribution >= 4 is 35.2 Å². The van der Waals surface area contributed by atoms with Crippen LogP contribution in [0.2, 0.25) is 5.02 Å². The predicted octanol–water partition coefficient (Wildman–Crippen LogP) is 6.30. The molecular formula is C27H27ClN2O2S. The Morgan fingerprint density at radius 1 is 1.06 bits per heavy atom. The molecule has 3 aromatic carbocycles. The number of rotatable bonds is 7. The Morgan fingerprint density at radius 3 is 2.36 bits per heavy atom. The smallest absolute Gasteiger partial charge is 0.251 e. The molecule has 3 aromatic rings. The number of hydrogen-bond acceptors (Lipinski definition) is 3. The van der Waals surface area contributed by atoms with Crippen LogP contribution in [0.4, 0.5) is 0 Å². The highest BCUT2D eigenvalue weighted by Gasteiger charge is 2.32. The number of hydrogen-bond donors (Lipinski definition) is 1. The molecule has 1 saturated heterocycles.